The number of nitrogens with two attached hydrogens (primary N) is 1. The molecule has 19 heavy (non-hydrogen) atoms. The number of halogens is 1. The van der Waals surface area contributed by atoms with E-state index in [-0.39, 0.29) is 11.3 Å². The predicted molar refractivity (Wildman–Crippen MR) is 79.4 cm³/mol. The van der Waals surface area contributed by atoms with Gasteiger partial charge in [-0.15, -0.1) is 0 Å². The van der Waals surface area contributed by atoms with Crippen LogP contribution in [0.5, 0.6) is 5.75 Å². The summed E-state index contributed by atoms with van der Waals surface area (Å²) in [5, 5.41) is 12.4. The van der Waals surface area contributed by atoms with Crippen LogP contribution >= 0.6 is 15.9 Å². The number of nitrogen functional groups attached to an aromatic ring is 1. The van der Waals surface area contributed by atoms with Crippen molar-refractivity contribution in [3.63, 3.8) is 0 Å². The molecule has 0 saturated carbocycles. The average molecular weight is 321 g/mol. The number of carbonyl (C=O) groups is 1. The number of benzene rings is 2. The number of nitrogens with one attached hydrogen (secondary N) is 1. The van der Waals surface area contributed by atoms with Crippen molar-refractivity contribution in [2.24, 2.45) is 0 Å². The van der Waals surface area contributed by atoms with Crippen molar-refractivity contribution in [3.8, 4) is 5.75 Å². The molecule has 1 amide bonds. The second-order valence-electron chi connectivity index (χ2n) is 4.15. The van der Waals surface area contributed by atoms with Crippen LogP contribution in [0.15, 0.2) is 40.9 Å². The molecule has 4 N–H and O–H groups in total. The monoisotopic (exact) mass is 320 g/mol. The first-order chi connectivity index (χ1) is 8.99. The van der Waals surface area contributed by atoms with Gasteiger partial charge in [0.2, 0.25) is 0 Å². The van der Waals surface area contributed by atoms with Crippen LogP contribution in [-0.2, 0) is 0 Å². The first-order valence-corrected chi connectivity index (χ1v) is 6.43. The van der Waals surface area contributed by atoms with Crippen molar-refractivity contribution < 1.29 is 9.90 Å². The summed E-state index contributed by atoms with van der Waals surface area (Å²) < 4.78 is 0.716. The molecular weight excluding hydrogens is 308 g/mol. The highest BCUT2D eigenvalue weighted by molar-refractivity contribution is 9.10. The summed E-state index contributed by atoms with van der Waals surface area (Å²) in [5.74, 6) is -0.479. The van der Waals surface area contributed by atoms with Crippen LogP contribution in [0.2, 0.25) is 0 Å². The Hall–Kier alpha value is -2.01. The number of aryl methyl sites for hydroxylation is 1. The maximum absolute atomic E-state index is 12.1. The summed E-state index contributed by atoms with van der Waals surface area (Å²) >= 11 is 3.26. The van der Waals surface area contributed by atoms with Gasteiger partial charge in [0.1, 0.15) is 5.75 Å². The summed E-state index contributed by atoms with van der Waals surface area (Å²) in [6, 6.07) is 10.1. The number of anilines is 2. The van der Waals surface area contributed by atoms with Gasteiger partial charge in [-0.1, -0.05) is 28.1 Å². The quantitative estimate of drug-likeness (QED) is 0.743. The number of amides is 1. The number of hydrogen-bond acceptors (Lipinski definition) is 3. The number of rotatable bonds is 2. The lowest BCUT2D eigenvalue weighted by Crippen LogP contribution is -2.14. The zero-order valence-corrected chi connectivity index (χ0v) is 11.9. The molecule has 2 aromatic carbocycles. The summed E-state index contributed by atoms with van der Waals surface area (Å²) in [6.07, 6.45) is 0. The zero-order chi connectivity index (χ0) is 14.0. The summed E-state index contributed by atoms with van der Waals surface area (Å²) in [4.78, 5) is 12.1. The maximum Gasteiger partial charge on any atom is 0.259 e. The van der Waals surface area contributed by atoms with Crippen molar-refractivity contribution in [3.05, 3.63) is 52.0 Å². The minimum Gasteiger partial charge on any atom is -0.507 e. The largest absolute Gasteiger partial charge is 0.507 e. The van der Waals surface area contributed by atoms with Crippen molar-refractivity contribution in [1.82, 2.24) is 0 Å². The van der Waals surface area contributed by atoms with Crippen molar-refractivity contribution in [2.75, 3.05) is 11.1 Å². The number of hydrogen-bond donors (Lipinski definition) is 3. The van der Waals surface area contributed by atoms with Crippen LogP contribution in [0.3, 0.4) is 0 Å². The molecule has 0 atom stereocenters. The third kappa shape index (κ3) is 2.88. The molecule has 0 aromatic heterocycles. The lowest BCUT2D eigenvalue weighted by Gasteiger charge is -2.12. The van der Waals surface area contributed by atoms with Crippen LogP contribution < -0.4 is 11.1 Å². The first-order valence-electron chi connectivity index (χ1n) is 5.64. The Balaban J connectivity index is 2.34. The van der Waals surface area contributed by atoms with Crippen LogP contribution in [0.25, 0.3) is 0 Å². The van der Waals surface area contributed by atoms with Gasteiger partial charge in [-0.05, 0) is 36.8 Å². The standard InChI is InChI=1S/C14H13BrN2O2/c1-8-3-2-4-11(16)13(8)17-14(19)10-7-9(15)5-6-12(10)18/h2-7,18H,16H2,1H3,(H,17,19). The van der Waals surface area contributed by atoms with Crippen LogP contribution in [0.1, 0.15) is 15.9 Å². The molecule has 0 aliphatic rings. The van der Waals surface area contributed by atoms with Crippen molar-refractivity contribution in [1.29, 1.82) is 0 Å². The van der Waals surface area contributed by atoms with E-state index in [4.69, 9.17) is 5.73 Å². The SMILES string of the molecule is Cc1cccc(N)c1NC(=O)c1cc(Br)ccc1O. The molecule has 0 saturated heterocycles. The molecule has 0 fully saturated rings. The van der Waals surface area contributed by atoms with E-state index in [1.54, 1.807) is 18.2 Å². The van der Waals surface area contributed by atoms with Gasteiger partial charge in [0.15, 0.2) is 0 Å². The van der Waals surface area contributed by atoms with Gasteiger partial charge in [-0.25, -0.2) is 0 Å². The second-order valence-corrected chi connectivity index (χ2v) is 5.07. The van der Waals surface area contributed by atoms with Crippen LogP contribution in [-0.4, -0.2) is 11.0 Å². The topological polar surface area (TPSA) is 75.3 Å². The molecule has 98 valence electrons. The smallest absolute Gasteiger partial charge is 0.259 e. The average Bonchev–Trinajstić information content (AvgIpc) is 2.37. The fourth-order valence-corrected chi connectivity index (χ4v) is 2.09. The number of phenolic OH excluding ortho intramolecular Hbond substituents is 1. The molecule has 2 aromatic rings. The van der Waals surface area contributed by atoms with Gasteiger partial charge in [0, 0.05) is 4.47 Å². The van der Waals surface area contributed by atoms with Crippen LogP contribution in [0.4, 0.5) is 11.4 Å². The molecule has 0 radical (unpaired) electrons. The molecule has 0 unspecified atom stereocenters. The number of phenols is 1. The zero-order valence-electron chi connectivity index (χ0n) is 10.3. The highest BCUT2D eigenvalue weighted by Crippen LogP contribution is 2.26. The van der Waals surface area contributed by atoms with E-state index < -0.39 is 5.91 Å². The Morgan fingerprint density at radius 3 is 2.74 bits per heavy atom. The van der Waals surface area contributed by atoms with Gasteiger partial charge in [-0.2, -0.15) is 0 Å². The molecule has 4 nitrogen and oxygen atoms in total. The molecule has 2 rings (SSSR count). The van der Waals surface area contributed by atoms with E-state index in [1.807, 2.05) is 19.1 Å². The normalized spacial score (nSPS) is 10.2. The fraction of sp³-hybridized carbons (Fsp3) is 0.0714. The maximum atomic E-state index is 12.1. The van der Waals surface area contributed by atoms with Gasteiger partial charge in [0.25, 0.3) is 5.91 Å². The molecule has 5 heteroatoms. The molecule has 0 aliphatic carbocycles. The summed E-state index contributed by atoms with van der Waals surface area (Å²) in [6.45, 7) is 1.85. The van der Waals surface area contributed by atoms with Crippen molar-refractivity contribution >= 4 is 33.2 Å². The highest BCUT2D eigenvalue weighted by atomic mass is 79.9. The third-order valence-electron chi connectivity index (χ3n) is 2.75. The van der Waals surface area contributed by atoms with E-state index in [0.29, 0.717) is 15.8 Å². The van der Waals surface area contributed by atoms with E-state index >= 15 is 0 Å². The summed E-state index contributed by atoms with van der Waals surface area (Å²) in [7, 11) is 0. The third-order valence-corrected chi connectivity index (χ3v) is 3.24. The molecule has 0 bridgehead atoms. The van der Waals surface area contributed by atoms with Gasteiger partial charge < -0.3 is 16.2 Å². The number of carbonyl (C=O) groups excluding carboxylic acids is 1. The second kappa shape index (κ2) is 5.32. The number of aromatic hydroxyl groups is 1. The Bertz CT molecular complexity index is 621. The Labute approximate surface area is 119 Å². The van der Waals surface area contributed by atoms with Gasteiger partial charge in [-0.3, -0.25) is 4.79 Å². The predicted octanol–water partition coefficient (Wildman–Crippen LogP) is 3.30. The molecule has 0 aliphatic heterocycles. The van der Waals surface area contributed by atoms with Crippen molar-refractivity contribution in [2.45, 2.75) is 6.92 Å². The van der Waals surface area contributed by atoms with E-state index in [2.05, 4.69) is 21.2 Å². The minimum absolute atomic E-state index is 0.0761. The lowest BCUT2D eigenvalue weighted by atomic mass is 10.1. The van der Waals surface area contributed by atoms with E-state index in [9.17, 15) is 9.90 Å². The fourth-order valence-electron chi connectivity index (χ4n) is 1.73. The summed E-state index contributed by atoms with van der Waals surface area (Å²) in [5.41, 5.74) is 7.94. The van der Waals surface area contributed by atoms with Crippen LogP contribution in [0, 0.1) is 6.92 Å². The van der Waals surface area contributed by atoms with E-state index in [1.165, 1.54) is 6.07 Å². The molecule has 0 spiro atoms. The molecule has 0 heterocycles. The Morgan fingerprint density at radius 1 is 1.32 bits per heavy atom. The number of para-hydroxylation sites is 1. The van der Waals surface area contributed by atoms with Gasteiger partial charge >= 0.3 is 0 Å². The van der Waals surface area contributed by atoms with Gasteiger partial charge in [0.05, 0.1) is 16.9 Å². The Kier molecular flexibility index (Phi) is 3.76. The Morgan fingerprint density at radius 2 is 2.05 bits per heavy atom. The lowest BCUT2D eigenvalue weighted by molar-refractivity contribution is 0.102. The first kappa shape index (κ1) is 13.4. The minimum atomic E-state index is -0.403. The van der Waals surface area contributed by atoms with E-state index in [0.717, 1.165) is 5.56 Å². The molecular formula is C14H13BrN2O2. The highest BCUT2D eigenvalue weighted by Gasteiger charge is 2.14.